The number of rotatable bonds is 1. The van der Waals surface area contributed by atoms with Crippen LogP contribution in [0.25, 0.3) is 0 Å². The first-order valence-corrected chi connectivity index (χ1v) is 4.87. The van der Waals surface area contributed by atoms with Gasteiger partial charge in [0.05, 0.1) is 8.26 Å². The lowest BCUT2D eigenvalue weighted by atomic mass is 10.4. The molecule has 0 fully saturated rings. The Morgan fingerprint density at radius 2 is 2.09 bits per heavy atom. The zero-order valence-corrected chi connectivity index (χ0v) is 9.02. The van der Waals surface area contributed by atoms with E-state index in [0.717, 1.165) is 11.3 Å². The molecule has 0 radical (unpaired) electrons. The minimum Gasteiger partial charge on any atom is -0.365 e. The molecule has 0 saturated heterocycles. The van der Waals surface area contributed by atoms with E-state index in [1.807, 2.05) is 0 Å². The fourth-order valence-electron chi connectivity index (χ4n) is 0.524. The molecular weight excluding hydrogens is 301 g/mol. The Morgan fingerprint density at radius 1 is 1.55 bits per heavy atom. The van der Waals surface area contributed by atoms with E-state index in [1.54, 1.807) is 0 Å². The Bertz CT molecular complexity index is 312. The van der Waals surface area contributed by atoms with Gasteiger partial charge in [-0.05, 0) is 31.9 Å². The molecule has 1 heterocycles. The van der Waals surface area contributed by atoms with Gasteiger partial charge in [-0.2, -0.15) is 0 Å². The smallest absolute Gasteiger partial charge is 0.261 e. The number of hydrogen-bond acceptors (Lipinski definition) is 2. The van der Waals surface area contributed by atoms with Crippen LogP contribution < -0.4 is 5.73 Å². The lowest BCUT2D eigenvalue weighted by Crippen LogP contribution is -2.10. The van der Waals surface area contributed by atoms with E-state index in [4.69, 9.17) is 5.73 Å². The summed E-state index contributed by atoms with van der Waals surface area (Å²) < 4.78 is 13.7. The zero-order chi connectivity index (χ0) is 8.59. The number of hydrogen-bond donors (Lipinski definition) is 1. The molecule has 1 rings (SSSR count). The van der Waals surface area contributed by atoms with Gasteiger partial charge in [0.15, 0.2) is 5.82 Å². The van der Waals surface area contributed by atoms with Gasteiger partial charge < -0.3 is 5.73 Å². The van der Waals surface area contributed by atoms with Crippen molar-refractivity contribution < 1.29 is 9.18 Å². The Kier molecular flexibility index (Phi) is 2.66. The average molecular weight is 303 g/mol. The van der Waals surface area contributed by atoms with Crippen molar-refractivity contribution in [3.63, 3.8) is 0 Å². The van der Waals surface area contributed by atoms with Crippen molar-refractivity contribution in [1.82, 2.24) is 0 Å². The summed E-state index contributed by atoms with van der Waals surface area (Å²) in [4.78, 5) is 10.5. The minimum absolute atomic E-state index is 0.0660. The third kappa shape index (κ3) is 1.62. The van der Waals surface area contributed by atoms with Crippen LogP contribution in [-0.4, -0.2) is 5.91 Å². The largest absolute Gasteiger partial charge is 0.365 e. The van der Waals surface area contributed by atoms with E-state index in [9.17, 15) is 9.18 Å². The van der Waals surface area contributed by atoms with Crippen LogP contribution in [0.1, 0.15) is 9.67 Å². The lowest BCUT2D eigenvalue weighted by Gasteiger charge is -1.86. The van der Waals surface area contributed by atoms with Crippen LogP contribution in [0.3, 0.4) is 0 Å². The number of halogens is 3. The van der Waals surface area contributed by atoms with Gasteiger partial charge in [0.2, 0.25) is 0 Å². The summed E-state index contributed by atoms with van der Waals surface area (Å²) in [5.74, 6) is -1.35. The van der Waals surface area contributed by atoms with E-state index in [-0.39, 0.29) is 9.35 Å². The second-order valence-electron chi connectivity index (χ2n) is 1.70. The summed E-state index contributed by atoms with van der Waals surface area (Å²) >= 11 is 6.98. The van der Waals surface area contributed by atoms with Crippen molar-refractivity contribution in [1.29, 1.82) is 0 Å². The van der Waals surface area contributed by atoms with Crippen LogP contribution in [0.4, 0.5) is 4.39 Å². The van der Waals surface area contributed by atoms with Gasteiger partial charge in [0, 0.05) is 0 Å². The van der Waals surface area contributed by atoms with Gasteiger partial charge in [0.1, 0.15) is 4.88 Å². The molecule has 1 aromatic rings. The number of carbonyl (C=O) groups excluding carboxylic acids is 1. The van der Waals surface area contributed by atoms with Gasteiger partial charge in [0.25, 0.3) is 5.91 Å². The fourth-order valence-corrected chi connectivity index (χ4v) is 2.41. The molecule has 0 unspecified atom stereocenters. The maximum absolute atomic E-state index is 12.9. The van der Waals surface area contributed by atoms with Crippen LogP contribution in [0.15, 0.2) is 8.26 Å². The van der Waals surface area contributed by atoms with Crippen LogP contribution in [0.2, 0.25) is 0 Å². The highest BCUT2D eigenvalue weighted by Crippen LogP contribution is 2.35. The molecule has 0 spiro atoms. The number of nitrogens with two attached hydrogens (primary N) is 1. The van der Waals surface area contributed by atoms with Crippen LogP contribution >= 0.6 is 43.2 Å². The van der Waals surface area contributed by atoms with Crippen molar-refractivity contribution in [3.05, 3.63) is 19.0 Å². The molecule has 0 bridgehead atoms. The van der Waals surface area contributed by atoms with Gasteiger partial charge in [-0.1, -0.05) is 0 Å². The summed E-state index contributed by atoms with van der Waals surface area (Å²) in [6, 6.07) is 0. The molecule has 0 aromatic carbocycles. The lowest BCUT2D eigenvalue weighted by molar-refractivity contribution is 0.100. The first-order chi connectivity index (χ1) is 5.04. The van der Waals surface area contributed by atoms with E-state index < -0.39 is 11.7 Å². The first kappa shape index (κ1) is 9.15. The molecule has 1 amide bonds. The highest BCUT2D eigenvalue weighted by Gasteiger charge is 2.17. The molecule has 60 valence electrons. The van der Waals surface area contributed by atoms with Crippen LogP contribution in [-0.2, 0) is 0 Å². The zero-order valence-electron chi connectivity index (χ0n) is 5.03. The van der Waals surface area contributed by atoms with Gasteiger partial charge in [-0.15, -0.1) is 11.3 Å². The summed E-state index contributed by atoms with van der Waals surface area (Å²) in [7, 11) is 0. The molecule has 0 atom stereocenters. The summed E-state index contributed by atoms with van der Waals surface area (Å²) in [6.07, 6.45) is 0. The summed E-state index contributed by atoms with van der Waals surface area (Å²) in [5, 5.41) is 0. The number of primary amides is 1. The monoisotopic (exact) mass is 301 g/mol. The van der Waals surface area contributed by atoms with Gasteiger partial charge in [-0.3, -0.25) is 4.79 Å². The molecule has 11 heavy (non-hydrogen) atoms. The molecule has 1 aromatic heterocycles. The predicted octanol–water partition coefficient (Wildman–Crippen LogP) is 2.51. The van der Waals surface area contributed by atoms with Crippen molar-refractivity contribution in [3.8, 4) is 0 Å². The number of thiophene rings is 1. The van der Waals surface area contributed by atoms with Crippen molar-refractivity contribution >= 4 is 49.1 Å². The average Bonchev–Trinajstić information content (AvgIpc) is 2.17. The number of amides is 1. The van der Waals surface area contributed by atoms with Crippen molar-refractivity contribution in [2.75, 3.05) is 0 Å². The summed E-state index contributed by atoms with van der Waals surface area (Å²) in [6.45, 7) is 0. The van der Waals surface area contributed by atoms with Crippen molar-refractivity contribution in [2.45, 2.75) is 0 Å². The molecular formula is C5H2Br2FNOS. The standard InChI is InChI=1S/C5H2Br2FNOS/c6-1-2(8)3(5(9)10)11-4(1)7/h(H2,9,10). The Hall–Kier alpha value is 0.0600. The second kappa shape index (κ2) is 3.20. The first-order valence-electron chi connectivity index (χ1n) is 2.47. The van der Waals surface area contributed by atoms with Gasteiger partial charge >= 0.3 is 0 Å². The maximum atomic E-state index is 12.9. The van der Waals surface area contributed by atoms with Crippen LogP contribution in [0, 0.1) is 5.82 Å². The predicted molar refractivity (Wildman–Crippen MR) is 48.2 cm³/mol. The second-order valence-corrected chi connectivity index (χ2v) is 4.83. The molecule has 2 nitrogen and oxygen atoms in total. The maximum Gasteiger partial charge on any atom is 0.261 e. The topological polar surface area (TPSA) is 43.1 Å². The molecule has 2 N–H and O–H groups in total. The molecule has 6 heteroatoms. The molecule has 0 saturated carbocycles. The Balaban J connectivity index is 3.29. The summed E-state index contributed by atoms with van der Waals surface area (Å²) in [5.41, 5.74) is 4.89. The van der Waals surface area contributed by atoms with E-state index in [1.165, 1.54) is 0 Å². The SMILES string of the molecule is NC(=O)c1sc(Br)c(Br)c1F. The minimum atomic E-state index is -0.751. The molecule has 0 aliphatic heterocycles. The van der Waals surface area contributed by atoms with E-state index in [2.05, 4.69) is 31.9 Å². The third-order valence-corrected chi connectivity index (χ3v) is 4.37. The van der Waals surface area contributed by atoms with Crippen molar-refractivity contribution in [2.24, 2.45) is 5.73 Å². The Morgan fingerprint density at radius 3 is 2.27 bits per heavy atom. The highest BCUT2D eigenvalue weighted by molar-refractivity contribution is 9.13. The van der Waals surface area contributed by atoms with Gasteiger partial charge in [-0.25, -0.2) is 4.39 Å². The van der Waals surface area contributed by atoms with E-state index in [0.29, 0.717) is 3.79 Å². The Labute approximate surface area is 82.8 Å². The molecule has 0 aliphatic rings. The molecule has 0 aliphatic carbocycles. The van der Waals surface area contributed by atoms with Crippen LogP contribution in [0.5, 0.6) is 0 Å². The normalized spacial score (nSPS) is 10.1. The highest BCUT2D eigenvalue weighted by atomic mass is 79.9. The quantitative estimate of drug-likeness (QED) is 0.851. The fraction of sp³-hybridized carbons (Fsp3) is 0. The third-order valence-electron chi connectivity index (χ3n) is 0.980. The van der Waals surface area contributed by atoms with E-state index >= 15 is 0 Å². The number of carbonyl (C=O) groups is 1.